The quantitative estimate of drug-likeness (QED) is 0.490. The van der Waals surface area contributed by atoms with Crippen molar-refractivity contribution >= 4 is 17.8 Å². The van der Waals surface area contributed by atoms with Crippen molar-refractivity contribution in [2.45, 2.75) is 25.7 Å². The smallest absolute Gasteiger partial charge is 0.262 e. The molecular formula is C12H15N2O4-. The molecule has 0 heterocycles. The zero-order chi connectivity index (χ0) is 13.1. The molecular weight excluding hydrogens is 236 g/mol. The van der Waals surface area contributed by atoms with Crippen LogP contribution in [0.1, 0.15) is 25.7 Å². The number of hydrogen-bond donors (Lipinski definition) is 2. The van der Waals surface area contributed by atoms with E-state index >= 15 is 0 Å². The predicted molar refractivity (Wildman–Crippen MR) is 59.4 cm³/mol. The predicted octanol–water partition coefficient (Wildman–Crippen LogP) is -1.12. The maximum absolute atomic E-state index is 11.8. The van der Waals surface area contributed by atoms with Crippen molar-refractivity contribution in [3.63, 3.8) is 0 Å². The van der Waals surface area contributed by atoms with Gasteiger partial charge in [-0.25, -0.2) is 0 Å². The van der Waals surface area contributed by atoms with E-state index in [1.807, 2.05) is 0 Å². The Morgan fingerprint density at radius 1 is 1.06 bits per heavy atom. The fraction of sp³-hybridized carbons (Fsp3) is 0.583. The Hall–Kier alpha value is -1.85. The van der Waals surface area contributed by atoms with Gasteiger partial charge in [-0.2, -0.15) is 0 Å². The molecule has 0 radical (unpaired) electrons. The molecule has 2 saturated carbocycles. The van der Waals surface area contributed by atoms with E-state index in [-0.39, 0.29) is 11.8 Å². The number of rotatable bonds is 3. The van der Waals surface area contributed by atoms with Gasteiger partial charge in [-0.1, -0.05) is 6.42 Å². The third-order valence-corrected chi connectivity index (χ3v) is 3.75. The molecule has 3 atom stereocenters. The number of hydrazine groups is 1. The second-order valence-corrected chi connectivity index (χ2v) is 4.91. The van der Waals surface area contributed by atoms with E-state index in [4.69, 9.17) is 0 Å². The van der Waals surface area contributed by atoms with Gasteiger partial charge >= 0.3 is 0 Å². The standard InChI is InChI=1S/C12H16N2O4/c15-10(3-4-11(16)17)13-14-12(18)9-6-7-1-2-8(9)5-7/h3-4,7-9H,1-2,5-6H2,(H,13,15)(H,14,18)(H,16,17)/p-1/b4-3+/t7-,8+,9+/m1/s1. The number of aliphatic carboxylic acids is 1. The van der Waals surface area contributed by atoms with E-state index in [0.29, 0.717) is 17.9 Å². The van der Waals surface area contributed by atoms with Crippen LogP contribution >= 0.6 is 0 Å². The van der Waals surface area contributed by atoms with Crippen LogP contribution in [0.2, 0.25) is 0 Å². The van der Waals surface area contributed by atoms with Crippen molar-refractivity contribution in [2.24, 2.45) is 17.8 Å². The van der Waals surface area contributed by atoms with Crippen LogP contribution in [0.3, 0.4) is 0 Å². The van der Waals surface area contributed by atoms with Crippen molar-refractivity contribution in [1.82, 2.24) is 10.9 Å². The largest absolute Gasteiger partial charge is 0.545 e. The number of carboxylic acid groups (broad SMARTS) is 1. The fourth-order valence-electron chi connectivity index (χ4n) is 2.97. The molecule has 6 heteroatoms. The first-order chi connectivity index (χ1) is 8.56. The molecule has 0 aromatic rings. The van der Waals surface area contributed by atoms with E-state index in [2.05, 4.69) is 10.9 Å². The zero-order valence-corrected chi connectivity index (χ0v) is 9.85. The number of carbonyl (C=O) groups excluding carboxylic acids is 3. The maximum Gasteiger partial charge on any atom is 0.262 e. The Bertz CT molecular complexity index is 405. The average molecular weight is 251 g/mol. The van der Waals surface area contributed by atoms with Crippen LogP contribution in [0.4, 0.5) is 0 Å². The number of carbonyl (C=O) groups is 3. The first-order valence-corrected chi connectivity index (χ1v) is 6.05. The molecule has 2 amide bonds. The molecule has 2 fully saturated rings. The SMILES string of the molecule is O=C([O-])/C=C/C(=O)NNC(=O)[C@H]1C[C@@H]2CC[C@H]1C2. The Morgan fingerprint density at radius 3 is 2.39 bits per heavy atom. The lowest BCUT2D eigenvalue weighted by atomic mass is 9.88. The summed E-state index contributed by atoms with van der Waals surface area (Å²) in [5, 5.41) is 10.1. The number of nitrogens with one attached hydrogen (secondary N) is 2. The number of amides is 2. The van der Waals surface area contributed by atoms with Gasteiger partial charge in [-0.3, -0.25) is 20.4 Å². The van der Waals surface area contributed by atoms with Crippen LogP contribution in [-0.4, -0.2) is 17.8 Å². The molecule has 98 valence electrons. The molecule has 0 saturated heterocycles. The summed E-state index contributed by atoms with van der Waals surface area (Å²) in [6.07, 6.45) is 5.70. The van der Waals surface area contributed by atoms with Gasteiger partial charge < -0.3 is 9.90 Å². The van der Waals surface area contributed by atoms with Gasteiger partial charge in [0.05, 0.1) is 5.97 Å². The second kappa shape index (κ2) is 5.20. The lowest BCUT2D eigenvalue weighted by Crippen LogP contribution is -2.45. The summed E-state index contributed by atoms with van der Waals surface area (Å²) in [6.45, 7) is 0. The Kier molecular flexibility index (Phi) is 3.64. The highest BCUT2D eigenvalue weighted by Crippen LogP contribution is 2.48. The summed E-state index contributed by atoms with van der Waals surface area (Å²) < 4.78 is 0. The van der Waals surface area contributed by atoms with Gasteiger partial charge in [0.2, 0.25) is 5.91 Å². The van der Waals surface area contributed by atoms with Gasteiger partial charge in [0, 0.05) is 12.0 Å². The van der Waals surface area contributed by atoms with Crippen molar-refractivity contribution in [3.05, 3.63) is 12.2 Å². The molecule has 2 aliphatic rings. The minimum absolute atomic E-state index is 0.0193. The monoisotopic (exact) mass is 251 g/mol. The van der Waals surface area contributed by atoms with Crippen LogP contribution in [0.15, 0.2) is 12.2 Å². The van der Waals surface area contributed by atoms with Gasteiger partial charge in [-0.05, 0) is 37.2 Å². The lowest BCUT2D eigenvalue weighted by molar-refractivity contribution is -0.297. The molecule has 2 N–H and O–H groups in total. The third kappa shape index (κ3) is 2.88. The van der Waals surface area contributed by atoms with Crippen LogP contribution < -0.4 is 16.0 Å². The molecule has 2 rings (SSSR count). The highest BCUT2D eigenvalue weighted by atomic mass is 16.4. The van der Waals surface area contributed by atoms with Gasteiger partial charge in [0.1, 0.15) is 0 Å². The Balaban J connectivity index is 1.75. The number of carboxylic acids is 1. The van der Waals surface area contributed by atoms with E-state index in [0.717, 1.165) is 25.3 Å². The van der Waals surface area contributed by atoms with Crippen LogP contribution in [0, 0.1) is 17.8 Å². The molecule has 18 heavy (non-hydrogen) atoms. The van der Waals surface area contributed by atoms with E-state index in [1.54, 1.807) is 0 Å². The highest BCUT2D eigenvalue weighted by Gasteiger charge is 2.43. The molecule has 0 aliphatic heterocycles. The van der Waals surface area contributed by atoms with Crippen molar-refractivity contribution < 1.29 is 19.5 Å². The highest BCUT2D eigenvalue weighted by molar-refractivity contribution is 5.94. The summed E-state index contributed by atoms with van der Waals surface area (Å²) in [5.74, 6) is -1.25. The molecule has 0 aromatic heterocycles. The summed E-state index contributed by atoms with van der Waals surface area (Å²) in [7, 11) is 0. The third-order valence-electron chi connectivity index (χ3n) is 3.75. The Morgan fingerprint density at radius 2 is 1.83 bits per heavy atom. The average Bonchev–Trinajstić information content (AvgIpc) is 2.95. The fourth-order valence-corrected chi connectivity index (χ4v) is 2.97. The van der Waals surface area contributed by atoms with E-state index < -0.39 is 11.9 Å². The van der Waals surface area contributed by atoms with Crippen molar-refractivity contribution in [1.29, 1.82) is 0 Å². The first kappa shape index (κ1) is 12.6. The summed E-state index contributed by atoms with van der Waals surface area (Å²) in [5.41, 5.74) is 4.49. The number of hydrogen-bond acceptors (Lipinski definition) is 4. The van der Waals surface area contributed by atoms with Crippen LogP contribution in [0.5, 0.6) is 0 Å². The summed E-state index contributed by atoms with van der Waals surface area (Å²) in [4.78, 5) is 33.0. The molecule has 0 unspecified atom stereocenters. The van der Waals surface area contributed by atoms with E-state index in [1.165, 1.54) is 6.42 Å². The summed E-state index contributed by atoms with van der Waals surface area (Å²) in [6, 6.07) is 0. The summed E-state index contributed by atoms with van der Waals surface area (Å²) >= 11 is 0. The molecule has 6 nitrogen and oxygen atoms in total. The lowest BCUT2D eigenvalue weighted by Gasteiger charge is -2.20. The molecule has 0 spiro atoms. The van der Waals surface area contributed by atoms with Gasteiger partial charge in [-0.15, -0.1) is 0 Å². The van der Waals surface area contributed by atoms with Crippen LogP contribution in [0.25, 0.3) is 0 Å². The first-order valence-electron chi connectivity index (χ1n) is 6.05. The normalized spacial score (nSPS) is 29.4. The maximum atomic E-state index is 11.8. The Labute approximate surface area is 104 Å². The molecule has 2 aliphatic carbocycles. The van der Waals surface area contributed by atoms with Crippen LogP contribution in [-0.2, 0) is 14.4 Å². The topological polar surface area (TPSA) is 98.3 Å². The van der Waals surface area contributed by atoms with Gasteiger partial charge in [0.15, 0.2) is 0 Å². The molecule has 0 aromatic carbocycles. The molecule has 2 bridgehead atoms. The van der Waals surface area contributed by atoms with Crippen molar-refractivity contribution in [3.8, 4) is 0 Å². The second-order valence-electron chi connectivity index (χ2n) is 4.91. The zero-order valence-electron chi connectivity index (χ0n) is 9.85. The number of fused-ring (bicyclic) bond motifs is 2. The van der Waals surface area contributed by atoms with Gasteiger partial charge in [0.25, 0.3) is 5.91 Å². The van der Waals surface area contributed by atoms with Crippen molar-refractivity contribution in [2.75, 3.05) is 0 Å². The minimum Gasteiger partial charge on any atom is -0.545 e. The minimum atomic E-state index is -1.45. The van der Waals surface area contributed by atoms with E-state index in [9.17, 15) is 19.5 Å².